The van der Waals surface area contributed by atoms with Crippen molar-refractivity contribution in [2.75, 3.05) is 31.1 Å². The molecule has 0 aliphatic carbocycles. The highest BCUT2D eigenvalue weighted by Crippen LogP contribution is 2.41. The number of hydrogen-bond acceptors (Lipinski definition) is 3. The third-order valence-corrected chi connectivity index (χ3v) is 5.98. The molecule has 0 bridgehead atoms. The maximum atomic E-state index is 11.8. The van der Waals surface area contributed by atoms with Crippen molar-refractivity contribution in [2.24, 2.45) is 11.3 Å². The lowest BCUT2D eigenvalue weighted by Crippen LogP contribution is -2.42. The van der Waals surface area contributed by atoms with E-state index >= 15 is 0 Å². The van der Waals surface area contributed by atoms with E-state index in [0.717, 1.165) is 38.3 Å². The van der Waals surface area contributed by atoms with Gasteiger partial charge in [0.25, 0.3) is 0 Å². The van der Waals surface area contributed by atoms with Gasteiger partial charge in [0.15, 0.2) is 0 Å². The van der Waals surface area contributed by atoms with Crippen molar-refractivity contribution in [2.45, 2.75) is 33.1 Å². The SMILES string of the molecule is CC(C)CN1CCC2(CC1)CCS(=N)(=O)C2. The quantitative estimate of drug-likeness (QED) is 0.809. The van der Waals surface area contributed by atoms with E-state index in [4.69, 9.17) is 4.78 Å². The Morgan fingerprint density at radius 3 is 2.38 bits per heavy atom. The Kier molecular flexibility index (Phi) is 3.32. The van der Waals surface area contributed by atoms with Gasteiger partial charge in [-0.25, -0.2) is 4.21 Å². The van der Waals surface area contributed by atoms with Crippen LogP contribution in [0.5, 0.6) is 0 Å². The van der Waals surface area contributed by atoms with Gasteiger partial charge in [-0.2, -0.15) is 0 Å². The lowest BCUT2D eigenvalue weighted by Gasteiger charge is -2.39. The molecule has 2 saturated heterocycles. The molecule has 3 nitrogen and oxygen atoms in total. The molecule has 2 fully saturated rings. The maximum absolute atomic E-state index is 11.8. The predicted octanol–water partition coefficient (Wildman–Crippen LogP) is 2.18. The molecule has 0 aromatic heterocycles. The van der Waals surface area contributed by atoms with Gasteiger partial charge in [-0.1, -0.05) is 13.8 Å². The molecular formula is C12H24N2OS. The van der Waals surface area contributed by atoms with E-state index in [9.17, 15) is 4.21 Å². The van der Waals surface area contributed by atoms with Crippen molar-refractivity contribution < 1.29 is 4.21 Å². The molecule has 1 spiro atoms. The van der Waals surface area contributed by atoms with Crippen LogP contribution < -0.4 is 0 Å². The van der Waals surface area contributed by atoms with Gasteiger partial charge in [0, 0.05) is 27.8 Å². The summed E-state index contributed by atoms with van der Waals surface area (Å²) >= 11 is 0. The van der Waals surface area contributed by atoms with Crippen molar-refractivity contribution in [3.8, 4) is 0 Å². The molecule has 0 aromatic rings. The second-order valence-corrected chi connectivity index (χ2v) is 8.43. The van der Waals surface area contributed by atoms with Crippen molar-refractivity contribution in [3.63, 3.8) is 0 Å². The summed E-state index contributed by atoms with van der Waals surface area (Å²) < 4.78 is 19.5. The van der Waals surface area contributed by atoms with E-state index in [1.54, 1.807) is 0 Å². The highest BCUT2D eigenvalue weighted by molar-refractivity contribution is 7.92. The second-order valence-electron chi connectivity index (χ2n) is 6.10. The van der Waals surface area contributed by atoms with Crippen molar-refractivity contribution in [1.82, 2.24) is 4.90 Å². The topological polar surface area (TPSA) is 44.2 Å². The minimum atomic E-state index is -2.21. The third-order valence-electron chi connectivity index (χ3n) is 4.04. The lowest BCUT2D eigenvalue weighted by molar-refractivity contribution is 0.113. The molecule has 16 heavy (non-hydrogen) atoms. The first-order valence-corrected chi connectivity index (χ1v) is 8.27. The Morgan fingerprint density at radius 2 is 1.94 bits per heavy atom. The molecule has 2 heterocycles. The number of rotatable bonds is 2. The zero-order chi connectivity index (χ0) is 11.8. The monoisotopic (exact) mass is 244 g/mol. The van der Waals surface area contributed by atoms with Crippen molar-refractivity contribution in [3.05, 3.63) is 0 Å². The van der Waals surface area contributed by atoms with Crippen LogP contribution in [-0.2, 0) is 9.73 Å². The van der Waals surface area contributed by atoms with Crippen LogP contribution in [0.2, 0.25) is 0 Å². The summed E-state index contributed by atoms with van der Waals surface area (Å²) in [6.07, 6.45) is 3.36. The van der Waals surface area contributed by atoms with Gasteiger partial charge in [0.2, 0.25) is 0 Å². The first kappa shape index (κ1) is 12.4. The molecule has 0 amide bonds. The second kappa shape index (κ2) is 4.30. The van der Waals surface area contributed by atoms with E-state index in [1.807, 2.05) is 0 Å². The molecule has 2 rings (SSSR count). The van der Waals surface area contributed by atoms with Crippen LogP contribution in [0.15, 0.2) is 0 Å². The Bertz CT molecular complexity index is 340. The summed E-state index contributed by atoms with van der Waals surface area (Å²) in [5.74, 6) is 2.06. The van der Waals surface area contributed by atoms with Crippen LogP contribution in [-0.4, -0.2) is 40.2 Å². The minimum absolute atomic E-state index is 0.270. The Morgan fingerprint density at radius 1 is 1.31 bits per heavy atom. The number of hydrogen-bond donors (Lipinski definition) is 1. The number of piperidine rings is 1. The van der Waals surface area contributed by atoms with E-state index in [2.05, 4.69) is 18.7 Å². The third kappa shape index (κ3) is 2.77. The molecule has 1 N–H and O–H groups in total. The number of likely N-dealkylation sites (tertiary alicyclic amines) is 1. The van der Waals surface area contributed by atoms with Crippen LogP contribution in [0.25, 0.3) is 0 Å². The Balaban J connectivity index is 1.90. The molecule has 0 aromatic carbocycles. The maximum Gasteiger partial charge on any atom is 0.0447 e. The van der Waals surface area contributed by atoms with Crippen LogP contribution in [0.1, 0.15) is 33.1 Å². The molecule has 1 unspecified atom stereocenters. The zero-order valence-corrected chi connectivity index (χ0v) is 11.3. The molecule has 4 heteroatoms. The molecule has 2 aliphatic heterocycles. The average molecular weight is 244 g/mol. The van der Waals surface area contributed by atoms with Gasteiger partial charge in [-0.3, -0.25) is 4.78 Å². The fourth-order valence-electron chi connectivity index (χ4n) is 3.14. The first-order chi connectivity index (χ1) is 7.41. The zero-order valence-electron chi connectivity index (χ0n) is 10.5. The van der Waals surface area contributed by atoms with E-state index in [-0.39, 0.29) is 5.41 Å². The van der Waals surface area contributed by atoms with Crippen molar-refractivity contribution >= 4 is 9.73 Å². The first-order valence-electron chi connectivity index (χ1n) is 6.37. The Labute approximate surface area is 99.6 Å². The predicted molar refractivity (Wildman–Crippen MR) is 68.2 cm³/mol. The molecule has 0 radical (unpaired) electrons. The summed E-state index contributed by atoms with van der Waals surface area (Å²) in [6.45, 7) is 8.00. The van der Waals surface area contributed by atoms with E-state index in [0.29, 0.717) is 11.5 Å². The molecule has 94 valence electrons. The highest BCUT2D eigenvalue weighted by atomic mass is 32.2. The highest BCUT2D eigenvalue weighted by Gasteiger charge is 2.42. The summed E-state index contributed by atoms with van der Waals surface area (Å²) in [7, 11) is -2.21. The number of nitrogens with one attached hydrogen (secondary N) is 1. The van der Waals surface area contributed by atoms with E-state index in [1.165, 1.54) is 6.54 Å². The smallest absolute Gasteiger partial charge is 0.0447 e. The summed E-state index contributed by atoms with van der Waals surface area (Å²) in [5.41, 5.74) is 0.270. The average Bonchev–Trinajstić information content (AvgIpc) is 2.46. The van der Waals surface area contributed by atoms with Crippen LogP contribution in [0.3, 0.4) is 0 Å². The summed E-state index contributed by atoms with van der Waals surface area (Å²) in [6, 6.07) is 0. The summed E-state index contributed by atoms with van der Waals surface area (Å²) in [5, 5.41) is 0. The van der Waals surface area contributed by atoms with Crippen molar-refractivity contribution in [1.29, 1.82) is 4.78 Å². The number of nitrogens with zero attached hydrogens (tertiary/aromatic N) is 1. The molecular weight excluding hydrogens is 220 g/mol. The fraction of sp³-hybridized carbons (Fsp3) is 1.00. The standard InChI is InChI=1S/C12H24N2OS/c1-11(2)9-14-6-3-12(4-7-14)5-8-16(13,15)10-12/h11,13H,3-10H2,1-2H3. The normalized spacial score (nSPS) is 34.9. The van der Waals surface area contributed by atoms with Gasteiger partial charge < -0.3 is 4.90 Å². The van der Waals surface area contributed by atoms with Gasteiger partial charge >= 0.3 is 0 Å². The fourth-order valence-corrected chi connectivity index (χ4v) is 5.47. The molecule has 0 saturated carbocycles. The lowest BCUT2D eigenvalue weighted by atomic mass is 9.78. The Hall–Kier alpha value is -0.0900. The summed E-state index contributed by atoms with van der Waals surface area (Å²) in [4.78, 5) is 2.53. The molecule has 2 aliphatic rings. The van der Waals surface area contributed by atoms with Crippen LogP contribution in [0, 0.1) is 16.1 Å². The molecule has 1 atom stereocenters. The minimum Gasteiger partial charge on any atom is -0.303 e. The van der Waals surface area contributed by atoms with Gasteiger partial charge in [0.1, 0.15) is 0 Å². The van der Waals surface area contributed by atoms with Gasteiger partial charge in [-0.15, -0.1) is 0 Å². The van der Waals surface area contributed by atoms with Crippen LogP contribution >= 0.6 is 0 Å². The van der Waals surface area contributed by atoms with E-state index < -0.39 is 9.73 Å². The largest absolute Gasteiger partial charge is 0.303 e. The van der Waals surface area contributed by atoms with Crippen LogP contribution in [0.4, 0.5) is 0 Å². The van der Waals surface area contributed by atoms with Gasteiger partial charge in [0.05, 0.1) is 0 Å². The van der Waals surface area contributed by atoms with Gasteiger partial charge in [-0.05, 0) is 43.7 Å².